The van der Waals surface area contributed by atoms with Crippen molar-refractivity contribution in [3.63, 3.8) is 0 Å². The Morgan fingerprint density at radius 1 is 1.28 bits per heavy atom. The highest BCUT2D eigenvalue weighted by molar-refractivity contribution is 7.16. The van der Waals surface area contributed by atoms with Gasteiger partial charge in [0.1, 0.15) is 0 Å². The average Bonchev–Trinajstić information content (AvgIpc) is 3.13. The number of aromatic nitrogens is 1. The molecule has 1 aliphatic carbocycles. The Balaban J connectivity index is 1.69. The Morgan fingerprint density at radius 2 is 2.00 bits per heavy atom. The SMILES string of the molecule is NC(=O)CNC(=O)C1CCc2sc(NC(=O)c3ccc(Cl)cc3)nc21. The summed E-state index contributed by atoms with van der Waals surface area (Å²) >= 11 is 7.16. The lowest BCUT2D eigenvalue weighted by Gasteiger charge is -2.09. The van der Waals surface area contributed by atoms with Gasteiger partial charge in [0.25, 0.3) is 5.91 Å². The quantitative estimate of drug-likeness (QED) is 0.734. The summed E-state index contributed by atoms with van der Waals surface area (Å²) in [6, 6.07) is 6.52. The standard InChI is InChI=1S/C16H15ClN4O3S/c17-9-3-1-8(2-4-9)14(23)21-16-20-13-10(5-6-11(13)25-16)15(24)19-7-12(18)22/h1-4,10H,5-7H2,(H2,18,22)(H,19,24)(H,20,21,23). The molecule has 7 nitrogen and oxygen atoms in total. The lowest BCUT2D eigenvalue weighted by molar-refractivity contribution is -0.125. The molecule has 130 valence electrons. The molecular weight excluding hydrogens is 364 g/mol. The van der Waals surface area contributed by atoms with Crippen LogP contribution in [0.25, 0.3) is 0 Å². The number of nitrogens with two attached hydrogens (primary N) is 1. The van der Waals surface area contributed by atoms with Gasteiger partial charge in [0.2, 0.25) is 11.8 Å². The monoisotopic (exact) mass is 378 g/mol. The van der Waals surface area contributed by atoms with E-state index in [1.54, 1.807) is 24.3 Å². The molecule has 0 aliphatic heterocycles. The number of thiazole rings is 1. The Hall–Kier alpha value is -2.45. The van der Waals surface area contributed by atoms with Gasteiger partial charge in [-0.15, -0.1) is 11.3 Å². The first-order valence-electron chi connectivity index (χ1n) is 7.56. The maximum absolute atomic E-state index is 12.2. The molecule has 2 aromatic rings. The number of nitrogens with one attached hydrogen (secondary N) is 2. The minimum Gasteiger partial charge on any atom is -0.368 e. The van der Waals surface area contributed by atoms with E-state index in [1.807, 2.05) is 0 Å². The Labute approximate surface area is 152 Å². The fraction of sp³-hybridized carbons (Fsp3) is 0.250. The molecule has 3 rings (SSSR count). The molecule has 1 aliphatic rings. The smallest absolute Gasteiger partial charge is 0.257 e. The van der Waals surface area contributed by atoms with E-state index in [4.69, 9.17) is 17.3 Å². The van der Waals surface area contributed by atoms with Crippen LogP contribution >= 0.6 is 22.9 Å². The lowest BCUT2D eigenvalue weighted by atomic mass is 10.1. The molecular formula is C16H15ClN4O3S. The van der Waals surface area contributed by atoms with Crippen LogP contribution in [0.1, 0.15) is 33.3 Å². The average molecular weight is 379 g/mol. The molecule has 1 heterocycles. The van der Waals surface area contributed by atoms with Gasteiger partial charge in [-0.25, -0.2) is 4.98 Å². The van der Waals surface area contributed by atoms with Gasteiger partial charge in [-0.2, -0.15) is 0 Å². The van der Waals surface area contributed by atoms with Crippen molar-refractivity contribution in [1.82, 2.24) is 10.3 Å². The number of hydrogen-bond acceptors (Lipinski definition) is 5. The third kappa shape index (κ3) is 3.97. The number of benzene rings is 1. The van der Waals surface area contributed by atoms with Gasteiger partial charge < -0.3 is 11.1 Å². The van der Waals surface area contributed by atoms with Crippen LogP contribution in [0, 0.1) is 0 Å². The van der Waals surface area contributed by atoms with Crippen molar-refractivity contribution in [3.8, 4) is 0 Å². The van der Waals surface area contributed by atoms with E-state index in [-0.39, 0.29) is 18.4 Å². The molecule has 0 bridgehead atoms. The number of carbonyl (C=O) groups is 3. The molecule has 1 atom stereocenters. The van der Waals surface area contributed by atoms with Crippen LogP contribution in [-0.4, -0.2) is 29.3 Å². The number of halogens is 1. The number of hydrogen-bond donors (Lipinski definition) is 3. The summed E-state index contributed by atoms with van der Waals surface area (Å²) in [5.74, 6) is -1.59. The maximum Gasteiger partial charge on any atom is 0.257 e. The van der Waals surface area contributed by atoms with Crippen molar-refractivity contribution in [1.29, 1.82) is 0 Å². The van der Waals surface area contributed by atoms with Gasteiger partial charge in [0.15, 0.2) is 5.13 Å². The maximum atomic E-state index is 12.2. The zero-order valence-electron chi connectivity index (χ0n) is 13.0. The second-order valence-corrected chi connectivity index (χ2v) is 7.08. The number of carbonyl (C=O) groups excluding carboxylic acids is 3. The number of nitrogens with zero attached hydrogens (tertiary/aromatic N) is 1. The Bertz CT molecular complexity index is 834. The second kappa shape index (κ2) is 7.20. The minimum atomic E-state index is -0.597. The first-order valence-corrected chi connectivity index (χ1v) is 8.76. The van der Waals surface area contributed by atoms with Gasteiger partial charge in [0, 0.05) is 15.5 Å². The largest absolute Gasteiger partial charge is 0.368 e. The normalized spacial score (nSPS) is 15.5. The number of rotatable bonds is 5. The molecule has 25 heavy (non-hydrogen) atoms. The molecule has 0 spiro atoms. The number of fused-ring (bicyclic) bond motifs is 1. The highest BCUT2D eigenvalue weighted by Gasteiger charge is 2.32. The summed E-state index contributed by atoms with van der Waals surface area (Å²) in [6.07, 6.45) is 1.34. The Morgan fingerprint density at radius 3 is 2.68 bits per heavy atom. The molecule has 4 N–H and O–H groups in total. The highest BCUT2D eigenvalue weighted by atomic mass is 35.5. The van der Waals surface area contributed by atoms with Crippen molar-refractivity contribution in [2.45, 2.75) is 18.8 Å². The van der Waals surface area contributed by atoms with E-state index in [0.717, 1.165) is 4.88 Å². The summed E-state index contributed by atoms with van der Waals surface area (Å²) in [5.41, 5.74) is 6.15. The van der Waals surface area contributed by atoms with Crippen LogP contribution in [0.5, 0.6) is 0 Å². The van der Waals surface area contributed by atoms with Crippen LogP contribution in [0.2, 0.25) is 5.02 Å². The van der Waals surface area contributed by atoms with Crippen molar-refractivity contribution < 1.29 is 14.4 Å². The number of anilines is 1. The van der Waals surface area contributed by atoms with Gasteiger partial charge in [-0.05, 0) is 37.1 Å². The zero-order chi connectivity index (χ0) is 18.0. The summed E-state index contributed by atoms with van der Waals surface area (Å²) in [4.78, 5) is 40.5. The molecule has 0 saturated heterocycles. The summed E-state index contributed by atoms with van der Waals surface area (Å²) < 4.78 is 0. The Kier molecular flexibility index (Phi) is 5.00. The van der Waals surface area contributed by atoms with E-state index in [0.29, 0.717) is 34.3 Å². The van der Waals surface area contributed by atoms with E-state index in [1.165, 1.54) is 11.3 Å². The third-order valence-electron chi connectivity index (χ3n) is 3.80. The molecule has 0 saturated carbocycles. The zero-order valence-corrected chi connectivity index (χ0v) is 14.6. The molecule has 1 aromatic carbocycles. The molecule has 0 radical (unpaired) electrons. The fourth-order valence-electron chi connectivity index (χ4n) is 2.60. The summed E-state index contributed by atoms with van der Waals surface area (Å²) in [7, 11) is 0. The van der Waals surface area contributed by atoms with Gasteiger partial charge in [-0.3, -0.25) is 19.7 Å². The van der Waals surface area contributed by atoms with E-state index in [2.05, 4.69) is 15.6 Å². The van der Waals surface area contributed by atoms with Crippen LogP contribution < -0.4 is 16.4 Å². The van der Waals surface area contributed by atoms with Crippen molar-refractivity contribution in [2.75, 3.05) is 11.9 Å². The van der Waals surface area contributed by atoms with Crippen molar-refractivity contribution >= 4 is 45.8 Å². The van der Waals surface area contributed by atoms with Crippen LogP contribution in [0.15, 0.2) is 24.3 Å². The molecule has 0 fully saturated rings. The minimum absolute atomic E-state index is 0.199. The second-order valence-electron chi connectivity index (χ2n) is 5.56. The number of aryl methyl sites for hydroxylation is 1. The van der Waals surface area contributed by atoms with E-state index >= 15 is 0 Å². The first-order chi connectivity index (χ1) is 11.9. The van der Waals surface area contributed by atoms with Crippen LogP contribution in [0.3, 0.4) is 0 Å². The first kappa shape index (κ1) is 17.4. The molecule has 1 aromatic heterocycles. The van der Waals surface area contributed by atoms with Gasteiger partial charge in [-0.1, -0.05) is 11.6 Å². The number of primary amides is 1. The highest BCUT2D eigenvalue weighted by Crippen LogP contribution is 2.38. The van der Waals surface area contributed by atoms with Crippen molar-refractivity contribution in [2.24, 2.45) is 5.73 Å². The fourth-order valence-corrected chi connectivity index (χ4v) is 3.76. The summed E-state index contributed by atoms with van der Waals surface area (Å²) in [6.45, 7) is -0.199. The predicted molar refractivity (Wildman–Crippen MR) is 94.8 cm³/mol. The lowest BCUT2D eigenvalue weighted by Crippen LogP contribution is -2.36. The molecule has 9 heteroatoms. The van der Waals surface area contributed by atoms with Crippen LogP contribution in [-0.2, 0) is 16.0 Å². The van der Waals surface area contributed by atoms with Crippen LogP contribution in [0.4, 0.5) is 5.13 Å². The van der Waals surface area contributed by atoms with Crippen molar-refractivity contribution in [3.05, 3.63) is 45.4 Å². The summed E-state index contributed by atoms with van der Waals surface area (Å²) in [5, 5.41) is 6.23. The van der Waals surface area contributed by atoms with E-state index in [9.17, 15) is 14.4 Å². The topological polar surface area (TPSA) is 114 Å². The van der Waals surface area contributed by atoms with Gasteiger partial charge >= 0.3 is 0 Å². The predicted octanol–water partition coefficient (Wildman–Crippen LogP) is 1.68. The van der Waals surface area contributed by atoms with E-state index < -0.39 is 11.8 Å². The molecule has 3 amide bonds. The third-order valence-corrected chi connectivity index (χ3v) is 5.10. The number of amides is 3. The van der Waals surface area contributed by atoms with Gasteiger partial charge in [0.05, 0.1) is 18.2 Å². The molecule has 1 unspecified atom stereocenters.